The Hall–Kier alpha value is -0.487. The molecule has 0 saturated heterocycles. The van der Waals surface area contributed by atoms with Gasteiger partial charge in [0.2, 0.25) is 0 Å². The fraction of sp³-hybridized carbons (Fsp3) is 0.423. The van der Waals surface area contributed by atoms with E-state index in [1.54, 1.807) is 16.7 Å². The quantitative estimate of drug-likeness (QED) is 0.373. The summed E-state index contributed by atoms with van der Waals surface area (Å²) in [6.45, 7) is 4.67. The average molecular weight is 510 g/mol. The smallest absolute Gasteiger partial charge is 0.147 e. The third-order valence-electron chi connectivity index (χ3n) is 7.04. The molecular formula is C26H35Cl2Zr. The summed E-state index contributed by atoms with van der Waals surface area (Å²) in [7, 11) is 0. The first-order chi connectivity index (χ1) is 13.2. The molecular weight excluding hydrogens is 474 g/mol. The van der Waals surface area contributed by atoms with Crippen LogP contribution in [0.3, 0.4) is 0 Å². The molecule has 1 aromatic carbocycles. The molecule has 0 heterocycles. The van der Waals surface area contributed by atoms with E-state index in [0.717, 1.165) is 3.63 Å². The molecule has 3 aliphatic carbocycles. The van der Waals surface area contributed by atoms with Crippen molar-refractivity contribution < 1.29 is 19.8 Å². The van der Waals surface area contributed by atoms with E-state index in [-0.39, 0.29) is 24.8 Å². The molecule has 2 atom stereocenters. The third kappa shape index (κ3) is 4.89. The van der Waals surface area contributed by atoms with Crippen LogP contribution in [0, 0.1) is 0 Å². The number of halogens is 2. The second-order valence-corrected chi connectivity index (χ2v) is 18.7. The van der Waals surface area contributed by atoms with Crippen molar-refractivity contribution in [3.63, 3.8) is 0 Å². The molecule has 2 unspecified atom stereocenters. The number of allylic oxidation sites excluding steroid dienone is 8. The maximum atomic E-state index is 2.77. The predicted octanol–water partition coefficient (Wildman–Crippen LogP) is 8.52. The van der Waals surface area contributed by atoms with Gasteiger partial charge >= 0.3 is 170 Å². The molecule has 0 amide bonds. The summed E-state index contributed by atoms with van der Waals surface area (Å²) in [4.78, 5) is 0. The van der Waals surface area contributed by atoms with Crippen LogP contribution in [-0.4, -0.2) is 3.71 Å². The van der Waals surface area contributed by atoms with Crippen LogP contribution in [0.5, 0.6) is 0 Å². The topological polar surface area (TPSA) is 0 Å². The molecule has 0 saturated carbocycles. The number of hydrogen-bond acceptors (Lipinski definition) is 0. The SMILES string of the molecule is CCC1=C(CC)C[C]([Zr]([CH3])(=[CH]c2ccccc2)[CH]2C=CC3=C2CCCC3)=C1.Cl.Cl. The van der Waals surface area contributed by atoms with Gasteiger partial charge in [-0.1, -0.05) is 0 Å². The minimum Gasteiger partial charge on any atom is -0.147 e. The molecule has 0 N–H and O–H groups in total. The van der Waals surface area contributed by atoms with E-state index in [4.69, 9.17) is 0 Å². The summed E-state index contributed by atoms with van der Waals surface area (Å²) in [5.41, 5.74) is 8.29. The van der Waals surface area contributed by atoms with Crippen LogP contribution >= 0.6 is 24.8 Å². The van der Waals surface area contributed by atoms with Crippen molar-refractivity contribution in [3.05, 3.63) is 79.7 Å². The van der Waals surface area contributed by atoms with E-state index >= 15 is 0 Å². The normalized spacial score (nSPS) is 22.4. The molecule has 29 heavy (non-hydrogen) atoms. The van der Waals surface area contributed by atoms with Crippen molar-refractivity contribution in [1.82, 2.24) is 0 Å². The Morgan fingerprint density at radius 2 is 1.72 bits per heavy atom. The van der Waals surface area contributed by atoms with E-state index in [2.05, 4.69) is 70.7 Å². The second-order valence-electron chi connectivity index (χ2n) is 8.61. The summed E-state index contributed by atoms with van der Waals surface area (Å²) in [5, 5.41) is 0. The van der Waals surface area contributed by atoms with Gasteiger partial charge in [0.15, 0.2) is 0 Å². The zero-order chi connectivity index (χ0) is 18.9. The van der Waals surface area contributed by atoms with Crippen LogP contribution < -0.4 is 0 Å². The van der Waals surface area contributed by atoms with Crippen molar-refractivity contribution in [2.45, 2.75) is 67.1 Å². The van der Waals surface area contributed by atoms with Crippen LogP contribution in [0.25, 0.3) is 0 Å². The predicted molar refractivity (Wildman–Crippen MR) is 131 cm³/mol. The Morgan fingerprint density at radius 1 is 1.00 bits per heavy atom. The molecule has 3 heteroatoms. The van der Waals surface area contributed by atoms with Gasteiger partial charge in [-0.05, 0) is 0 Å². The maximum Gasteiger partial charge on any atom is -0.147 e. The molecule has 0 aromatic heterocycles. The molecule has 0 radical (unpaired) electrons. The number of rotatable bonds is 5. The minimum atomic E-state index is -2.75. The van der Waals surface area contributed by atoms with Gasteiger partial charge < -0.3 is 0 Å². The van der Waals surface area contributed by atoms with Gasteiger partial charge in [0.05, 0.1) is 0 Å². The third-order valence-corrected chi connectivity index (χ3v) is 18.0. The van der Waals surface area contributed by atoms with Crippen LogP contribution in [0.4, 0.5) is 0 Å². The number of benzene rings is 1. The second kappa shape index (κ2) is 10.7. The largest absolute Gasteiger partial charge is 0.147 e. The van der Waals surface area contributed by atoms with E-state index in [1.165, 1.54) is 50.5 Å². The Morgan fingerprint density at radius 3 is 2.38 bits per heavy atom. The Labute approximate surface area is 194 Å². The monoisotopic (exact) mass is 507 g/mol. The summed E-state index contributed by atoms with van der Waals surface area (Å²) < 4.78 is 8.04. The van der Waals surface area contributed by atoms with Gasteiger partial charge in [-0.15, -0.1) is 24.8 Å². The fourth-order valence-corrected chi connectivity index (χ4v) is 15.9. The minimum absolute atomic E-state index is 0. The molecule has 4 rings (SSSR count). The molecule has 0 aliphatic heterocycles. The first kappa shape index (κ1) is 24.8. The molecule has 0 bridgehead atoms. The summed E-state index contributed by atoms with van der Waals surface area (Å²) in [6, 6.07) is 11.2. The van der Waals surface area contributed by atoms with Gasteiger partial charge in [0.1, 0.15) is 0 Å². The van der Waals surface area contributed by atoms with Crippen LogP contribution in [-0.2, 0) is 19.8 Å². The molecule has 0 fully saturated rings. The van der Waals surface area contributed by atoms with Crippen LogP contribution in [0.15, 0.2) is 74.1 Å². The standard InChI is InChI=1S/C9H11.C9H13.C7H6.CH3.2ClH.Zr/c1-2-5-9-7-3-6-8(9)4-1;1-3-8-6-5-7-9(8)4-2;1-7-5-3-2-4-6-7;;;;/h3,6-7H,1-2,4-5H2;6H,3-4,7H2,1-2H3;1-6H;1H3;2*1H;. The van der Waals surface area contributed by atoms with Crippen LogP contribution in [0.1, 0.15) is 64.4 Å². The first-order valence-electron chi connectivity index (χ1n) is 10.9. The fourth-order valence-electron chi connectivity index (χ4n) is 5.42. The molecule has 1 aromatic rings. The maximum absolute atomic E-state index is 2.77. The van der Waals surface area contributed by atoms with Crippen molar-refractivity contribution in [2.75, 3.05) is 0 Å². The first-order valence-corrected chi connectivity index (χ1v) is 17.4. The Balaban J connectivity index is 0.00000150. The van der Waals surface area contributed by atoms with Crippen molar-refractivity contribution in [3.8, 4) is 0 Å². The Bertz CT molecular complexity index is 900. The van der Waals surface area contributed by atoms with E-state index in [9.17, 15) is 0 Å². The summed E-state index contributed by atoms with van der Waals surface area (Å²) in [6.07, 6.45) is 16.8. The summed E-state index contributed by atoms with van der Waals surface area (Å²) in [5.74, 6) is 0. The van der Waals surface area contributed by atoms with Crippen LogP contribution in [0.2, 0.25) is 8.26 Å². The van der Waals surface area contributed by atoms with Crippen molar-refractivity contribution in [1.29, 1.82) is 0 Å². The van der Waals surface area contributed by atoms with Gasteiger partial charge in [-0.25, -0.2) is 0 Å². The van der Waals surface area contributed by atoms with E-state index in [1.807, 2.05) is 8.85 Å². The molecule has 0 nitrogen and oxygen atoms in total. The Kier molecular flexibility index (Phi) is 9.14. The van der Waals surface area contributed by atoms with Crippen molar-refractivity contribution >= 4 is 28.5 Å². The van der Waals surface area contributed by atoms with E-state index < -0.39 is 19.8 Å². The average Bonchev–Trinajstić information content (AvgIpc) is 3.33. The molecule has 0 spiro atoms. The van der Waals surface area contributed by atoms with Gasteiger partial charge in [0, 0.05) is 0 Å². The summed E-state index contributed by atoms with van der Waals surface area (Å²) >= 11 is -2.75. The van der Waals surface area contributed by atoms with E-state index in [0.29, 0.717) is 0 Å². The zero-order valence-corrected chi connectivity index (χ0v) is 22.1. The molecule has 157 valence electrons. The van der Waals surface area contributed by atoms with Gasteiger partial charge in [-0.3, -0.25) is 0 Å². The zero-order valence-electron chi connectivity index (χ0n) is 18.0. The van der Waals surface area contributed by atoms with Gasteiger partial charge in [-0.2, -0.15) is 0 Å². The van der Waals surface area contributed by atoms with Crippen molar-refractivity contribution in [2.24, 2.45) is 0 Å². The van der Waals surface area contributed by atoms with Gasteiger partial charge in [0.25, 0.3) is 0 Å². The number of hydrogen-bond donors (Lipinski definition) is 0. The molecule has 3 aliphatic rings.